The molecule has 9 nitrogen and oxygen atoms in total. The maximum absolute atomic E-state index is 12.6. The number of Topliss-reactive ketones (excluding diaryl/α,β-unsaturated/α-hetero) is 2. The molecule has 2 N–H and O–H groups in total. The van der Waals surface area contributed by atoms with Gasteiger partial charge < -0.3 is 24.6 Å². The van der Waals surface area contributed by atoms with Crippen LogP contribution in [-0.2, 0) is 33.4 Å². The number of ketones is 2. The minimum atomic E-state index is -0.673. The van der Waals surface area contributed by atoms with Crippen molar-refractivity contribution in [2.45, 2.75) is 124 Å². The second-order valence-electron chi connectivity index (χ2n) is 15.4. The lowest BCUT2D eigenvalue weighted by Crippen LogP contribution is -2.54. The SMILES string of the molecule is CCC(=O)COCCOCCNC(=O)CCC(=O)CO[C@H]1CC[C@@]2(C)[C@H](CC[C@H]3C4CC[C@H]([C@H](C)CCC(=O)O)[C@@]4(C)CC[C@@H]32)C1. The van der Waals surface area contributed by atoms with Gasteiger partial charge in [-0.15, -0.1) is 0 Å². The summed E-state index contributed by atoms with van der Waals surface area (Å²) in [5.41, 5.74) is 0.685. The van der Waals surface area contributed by atoms with Crippen LogP contribution in [0.3, 0.4) is 0 Å². The molecule has 0 aromatic rings. The lowest BCUT2D eigenvalue weighted by Gasteiger charge is -2.61. The third-order valence-electron chi connectivity index (χ3n) is 12.9. The highest BCUT2D eigenvalue weighted by atomic mass is 16.5. The molecule has 0 saturated heterocycles. The number of nitrogens with one attached hydrogen (secondary N) is 1. The molecule has 0 aromatic carbocycles. The van der Waals surface area contributed by atoms with Gasteiger partial charge in [-0.25, -0.2) is 0 Å². The number of rotatable bonds is 19. The zero-order valence-corrected chi connectivity index (χ0v) is 29.0. The van der Waals surface area contributed by atoms with Crippen LogP contribution in [-0.4, -0.2) is 74.2 Å². The number of carboxylic acid groups (broad SMARTS) is 1. The van der Waals surface area contributed by atoms with E-state index in [1.807, 2.05) is 0 Å². The number of carboxylic acids is 1. The topological polar surface area (TPSA) is 128 Å². The van der Waals surface area contributed by atoms with E-state index in [9.17, 15) is 24.3 Å². The van der Waals surface area contributed by atoms with Crippen LogP contribution in [0.1, 0.15) is 118 Å². The van der Waals surface area contributed by atoms with Crippen LogP contribution < -0.4 is 5.32 Å². The zero-order valence-electron chi connectivity index (χ0n) is 29.0. The lowest BCUT2D eigenvalue weighted by atomic mass is 9.44. The molecule has 4 aliphatic rings. The molecule has 9 heteroatoms. The fourth-order valence-electron chi connectivity index (χ4n) is 10.3. The van der Waals surface area contributed by atoms with E-state index in [1.54, 1.807) is 6.92 Å². The predicted octanol–water partition coefficient (Wildman–Crippen LogP) is 6.01. The normalized spacial score (nSPS) is 34.2. The molecule has 0 heterocycles. The van der Waals surface area contributed by atoms with E-state index in [1.165, 1.54) is 38.5 Å². The number of carbonyl (C=O) groups excluding carboxylic acids is 3. The van der Waals surface area contributed by atoms with Gasteiger partial charge in [0.25, 0.3) is 0 Å². The Morgan fingerprint density at radius 1 is 0.826 bits per heavy atom. The number of hydrogen-bond donors (Lipinski definition) is 2. The zero-order chi connectivity index (χ0) is 33.3. The summed E-state index contributed by atoms with van der Waals surface area (Å²) >= 11 is 0. The molecule has 0 bridgehead atoms. The Bertz CT molecular complexity index is 1050. The maximum Gasteiger partial charge on any atom is 0.303 e. The van der Waals surface area contributed by atoms with Crippen molar-refractivity contribution >= 4 is 23.4 Å². The van der Waals surface area contributed by atoms with Crippen molar-refractivity contribution in [1.29, 1.82) is 0 Å². The fraction of sp³-hybridized carbons (Fsp3) is 0.892. The van der Waals surface area contributed by atoms with Crippen LogP contribution in [0.5, 0.6) is 0 Å². The third-order valence-corrected chi connectivity index (χ3v) is 12.9. The van der Waals surface area contributed by atoms with E-state index < -0.39 is 5.97 Å². The molecule has 262 valence electrons. The quantitative estimate of drug-likeness (QED) is 0.163. The molecule has 1 unspecified atom stereocenters. The average molecular weight is 648 g/mol. The van der Waals surface area contributed by atoms with Crippen LogP contribution in [0.15, 0.2) is 0 Å². The van der Waals surface area contributed by atoms with Gasteiger partial charge in [-0.3, -0.25) is 19.2 Å². The first-order valence-corrected chi connectivity index (χ1v) is 18.3. The number of aliphatic carboxylic acids is 1. The Labute approximate surface area is 276 Å². The standard InChI is InChI=1S/C37H61NO8/c1-5-27(39)23-45-21-20-44-19-18-38-34(41)12-8-28(40)24-46-29-14-16-36(3)26(22-29)7-9-30-32-11-10-31(25(2)6-13-35(42)43)37(32,4)17-15-33(30)36/h25-26,29-33H,5-24H2,1-4H3,(H,38,41)(H,42,43)/t25-,26-,29+,30+,31-,32?,33+,36+,37-/m1/s1. The van der Waals surface area contributed by atoms with Crippen LogP contribution in [0, 0.1) is 46.3 Å². The van der Waals surface area contributed by atoms with E-state index in [-0.39, 0.29) is 56.1 Å². The van der Waals surface area contributed by atoms with Gasteiger partial charge in [0, 0.05) is 32.2 Å². The minimum absolute atomic E-state index is 0.0258. The summed E-state index contributed by atoms with van der Waals surface area (Å²) < 4.78 is 16.8. The van der Waals surface area contributed by atoms with E-state index in [4.69, 9.17) is 14.2 Å². The second-order valence-corrected chi connectivity index (χ2v) is 15.4. The predicted molar refractivity (Wildman–Crippen MR) is 175 cm³/mol. The number of ether oxygens (including phenoxy) is 3. The van der Waals surface area contributed by atoms with Gasteiger partial charge in [0.05, 0.1) is 25.9 Å². The molecule has 0 aromatic heterocycles. The van der Waals surface area contributed by atoms with Crippen molar-refractivity contribution < 1.29 is 38.5 Å². The molecule has 46 heavy (non-hydrogen) atoms. The molecule has 4 fully saturated rings. The highest BCUT2D eigenvalue weighted by Gasteiger charge is 2.60. The molecule has 4 saturated carbocycles. The Morgan fingerprint density at radius 3 is 2.33 bits per heavy atom. The van der Waals surface area contributed by atoms with Crippen molar-refractivity contribution in [2.75, 3.05) is 39.6 Å². The molecular formula is C37H61NO8. The summed E-state index contributed by atoms with van der Waals surface area (Å²) in [4.78, 5) is 47.1. The van der Waals surface area contributed by atoms with Crippen LogP contribution in [0.2, 0.25) is 0 Å². The van der Waals surface area contributed by atoms with Crippen molar-refractivity contribution in [2.24, 2.45) is 46.3 Å². The van der Waals surface area contributed by atoms with Gasteiger partial charge >= 0.3 is 5.97 Å². The number of hydrogen-bond acceptors (Lipinski definition) is 7. The highest BCUT2D eigenvalue weighted by molar-refractivity contribution is 5.85. The molecule has 0 aliphatic heterocycles. The van der Waals surface area contributed by atoms with E-state index in [2.05, 4.69) is 26.1 Å². The largest absolute Gasteiger partial charge is 0.481 e. The molecule has 9 atom stereocenters. The highest BCUT2D eigenvalue weighted by Crippen LogP contribution is 2.68. The van der Waals surface area contributed by atoms with Crippen LogP contribution >= 0.6 is 0 Å². The average Bonchev–Trinajstić information content (AvgIpc) is 3.39. The van der Waals surface area contributed by atoms with Gasteiger partial charge in [-0.05, 0) is 111 Å². The Balaban J connectivity index is 1.13. The summed E-state index contributed by atoms with van der Waals surface area (Å²) in [6.07, 6.45) is 12.8. The molecule has 0 radical (unpaired) electrons. The molecular weight excluding hydrogens is 586 g/mol. The van der Waals surface area contributed by atoms with Crippen molar-refractivity contribution in [3.05, 3.63) is 0 Å². The molecule has 0 spiro atoms. The van der Waals surface area contributed by atoms with Crippen LogP contribution in [0.25, 0.3) is 0 Å². The van der Waals surface area contributed by atoms with Gasteiger partial charge in [-0.1, -0.05) is 27.7 Å². The maximum atomic E-state index is 12.6. The first-order valence-electron chi connectivity index (χ1n) is 18.3. The van der Waals surface area contributed by atoms with E-state index >= 15 is 0 Å². The van der Waals surface area contributed by atoms with Gasteiger partial charge in [0.15, 0.2) is 11.6 Å². The lowest BCUT2D eigenvalue weighted by molar-refractivity contribution is -0.144. The number of carbonyl (C=O) groups is 4. The summed E-state index contributed by atoms with van der Waals surface area (Å²) in [5, 5.41) is 12.0. The molecule has 1 amide bonds. The second kappa shape index (κ2) is 17.0. The summed E-state index contributed by atoms with van der Waals surface area (Å²) in [6, 6.07) is 0. The summed E-state index contributed by atoms with van der Waals surface area (Å²) in [7, 11) is 0. The first kappa shape index (κ1) is 37.0. The Kier molecular flexibility index (Phi) is 13.7. The Morgan fingerprint density at radius 2 is 1.57 bits per heavy atom. The van der Waals surface area contributed by atoms with Crippen molar-refractivity contribution in [1.82, 2.24) is 5.32 Å². The minimum Gasteiger partial charge on any atom is -0.481 e. The monoisotopic (exact) mass is 647 g/mol. The third kappa shape index (κ3) is 9.19. The molecule has 4 rings (SSSR count). The van der Waals surface area contributed by atoms with Crippen molar-refractivity contribution in [3.8, 4) is 0 Å². The first-order chi connectivity index (χ1) is 22.0. The Hall–Kier alpha value is -1.84. The molecule has 4 aliphatic carbocycles. The van der Waals surface area contributed by atoms with Crippen LogP contribution in [0.4, 0.5) is 0 Å². The smallest absolute Gasteiger partial charge is 0.303 e. The number of amides is 1. The van der Waals surface area contributed by atoms with Gasteiger partial charge in [0.1, 0.15) is 13.2 Å². The van der Waals surface area contributed by atoms with E-state index in [0.717, 1.165) is 43.4 Å². The van der Waals surface area contributed by atoms with Gasteiger partial charge in [-0.2, -0.15) is 0 Å². The number of fused-ring (bicyclic) bond motifs is 5. The van der Waals surface area contributed by atoms with Crippen molar-refractivity contribution in [3.63, 3.8) is 0 Å². The summed E-state index contributed by atoms with van der Waals surface area (Å²) in [6.45, 7) is 10.8. The van der Waals surface area contributed by atoms with Gasteiger partial charge in [0.2, 0.25) is 5.91 Å². The fourth-order valence-corrected chi connectivity index (χ4v) is 10.3. The summed E-state index contributed by atoms with van der Waals surface area (Å²) in [5.74, 6) is 3.25. The van der Waals surface area contributed by atoms with E-state index in [0.29, 0.717) is 61.4 Å².